The Hall–Kier alpha value is -3.68. The van der Waals surface area contributed by atoms with Crippen molar-refractivity contribution in [3.63, 3.8) is 0 Å². The van der Waals surface area contributed by atoms with Crippen molar-refractivity contribution < 1.29 is 18.0 Å². The van der Waals surface area contributed by atoms with Gasteiger partial charge in [-0.15, -0.1) is 0 Å². The molecule has 1 aliphatic rings. The molecule has 4 rings (SSSR count). The lowest BCUT2D eigenvalue weighted by Crippen LogP contribution is -2.18. The zero-order valence-corrected chi connectivity index (χ0v) is 17.8. The molecule has 164 valence electrons. The van der Waals surface area contributed by atoms with Crippen LogP contribution in [0.15, 0.2) is 59.6 Å². The number of nitrogens with zero attached hydrogens (tertiary/aromatic N) is 3. The van der Waals surface area contributed by atoms with Gasteiger partial charge in [-0.1, -0.05) is 24.3 Å². The van der Waals surface area contributed by atoms with Crippen molar-refractivity contribution in [1.29, 1.82) is 0 Å². The lowest BCUT2D eigenvalue weighted by molar-refractivity contribution is -0.137. The quantitative estimate of drug-likeness (QED) is 0.579. The van der Waals surface area contributed by atoms with E-state index in [2.05, 4.69) is 15.3 Å². The molecule has 0 bridgehead atoms. The number of fused-ring (bicyclic) bond motifs is 1. The van der Waals surface area contributed by atoms with Gasteiger partial charge in [-0.05, 0) is 42.8 Å². The zero-order chi connectivity index (χ0) is 23.0. The Morgan fingerprint density at radius 2 is 1.72 bits per heavy atom. The second kappa shape index (κ2) is 8.11. The number of rotatable bonds is 3. The van der Waals surface area contributed by atoms with Gasteiger partial charge in [-0.2, -0.15) is 13.2 Å². The number of aromatic nitrogens is 1. The topological polar surface area (TPSA) is 57.6 Å². The van der Waals surface area contributed by atoms with E-state index in [0.717, 1.165) is 23.0 Å². The molecule has 0 fully saturated rings. The SMILES string of the molecule is Cc1cccc(-c2cccc(C3=Nc4cc(N(C)C)c(C(F)(F)F)cc4NC(=O)C3)c2)n1. The van der Waals surface area contributed by atoms with E-state index in [9.17, 15) is 18.0 Å². The number of aliphatic imine (C=N–C) groups is 1. The second-order valence-corrected chi connectivity index (χ2v) is 7.81. The molecule has 0 saturated carbocycles. The van der Waals surface area contributed by atoms with Gasteiger partial charge < -0.3 is 10.2 Å². The van der Waals surface area contributed by atoms with Crippen LogP contribution in [-0.2, 0) is 11.0 Å². The molecule has 1 amide bonds. The Kier molecular flexibility index (Phi) is 5.46. The van der Waals surface area contributed by atoms with E-state index >= 15 is 0 Å². The minimum absolute atomic E-state index is 0.0202. The lowest BCUT2D eigenvalue weighted by Gasteiger charge is -2.21. The van der Waals surface area contributed by atoms with Crippen LogP contribution in [0.2, 0.25) is 0 Å². The maximum atomic E-state index is 13.6. The Morgan fingerprint density at radius 3 is 2.41 bits per heavy atom. The number of alkyl halides is 3. The number of pyridine rings is 1. The molecule has 1 N–H and O–H groups in total. The number of benzene rings is 2. The van der Waals surface area contributed by atoms with E-state index < -0.39 is 17.6 Å². The summed E-state index contributed by atoms with van der Waals surface area (Å²) in [5.74, 6) is -0.424. The summed E-state index contributed by atoms with van der Waals surface area (Å²) in [4.78, 5) is 23.0. The number of hydrogen-bond acceptors (Lipinski definition) is 4. The van der Waals surface area contributed by atoms with Gasteiger partial charge in [0.25, 0.3) is 0 Å². The van der Waals surface area contributed by atoms with E-state index in [4.69, 9.17) is 0 Å². The van der Waals surface area contributed by atoms with Gasteiger partial charge in [-0.3, -0.25) is 14.8 Å². The maximum Gasteiger partial charge on any atom is 0.418 e. The van der Waals surface area contributed by atoms with Gasteiger partial charge in [0.05, 0.1) is 40.5 Å². The molecule has 0 spiro atoms. The smallest absolute Gasteiger partial charge is 0.377 e. The number of anilines is 2. The highest BCUT2D eigenvalue weighted by Gasteiger charge is 2.36. The average molecular weight is 438 g/mol. The minimum Gasteiger partial charge on any atom is -0.377 e. The number of carbonyl (C=O) groups is 1. The van der Waals surface area contributed by atoms with E-state index in [0.29, 0.717) is 11.3 Å². The molecule has 5 nitrogen and oxygen atoms in total. The first kappa shape index (κ1) is 21.5. The molecule has 32 heavy (non-hydrogen) atoms. The van der Waals surface area contributed by atoms with Gasteiger partial charge in [0.1, 0.15) is 0 Å². The third-order valence-corrected chi connectivity index (χ3v) is 5.14. The largest absolute Gasteiger partial charge is 0.418 e. The highest BCUT2D eigenvalue weighted by molar-refractivity contribution is 6.17. The highest BCUT2D eigenvalue weighted by atomic mass is 19.4. The first-order valence-electron chi connectivity index (χ1n) is 9.96. The number of hydrogen-bond donors (Lipinski definition) is 1. The predicted molar refractivity (Wildman–Crippen MR) is 120 cm³/mol. The molecule has 8 heteroatoms. The van der Waals surface area contributed by atoms with Gasteiger partial charge in [0, 0.05) is 25.4 Å². The van der Waals surface area contributed by atoms with Gasteiger partial charge in [0.2, 0.25) is 5.91 Å². The normalized spacial score (nSPS) is 13.7. The van der Waals surface area contributed by atoms with Crippen molar-refractivity contribution in [2.24, 2.45) is 4.99 Å². The predicted octanol–water partition coefficient (Wildman–Crippen LogP) is 5.60. The fourth-order valence-electron chi connectivity index (χ4n) is 3.63. The standard InChI is InChI=1S/C24H21F3N4O/c1-14-6-4-9-18(28-14)15-7-5-8-16(10-15)19-13-23(32)30-20-11-17(24(25,26)27)22(31(2)3)12-21(20)29-19/h4-12H,13H2,1-3H3,(H,30,32). The third kappa shape index (κ3) is 4.34. The fraction of sp³-hybridized carbons (Fsp3) is 0.208. The Labute approximate surface area is 183 Å². The summed E-state index contributed by atoms with van der Waals surface area (Å²) >= 11 is 0. The van der Waals surface area contributed by atoms with E-state index in [-0.39, 0.29) is 23.5 Å². The molecule has 0 atom stereocenters. The summed E-state index contributed by atoms with van der Waals surface area (Å²) in [6.07, 6.45) is -4.62. The third-order valence-electron chi connectivity index (χ3n) is 5.14. The fourth-order valence-corrected chi connectivity index (χ4v) is 3.63. The van der Waals surface area contributed by atoms with Crippen LogP contribution in [0.25, 0.3) is 11.3 Å². The van der Waals surface area contributed by atoms with Crippen LogP contribution in [0, 0.1) is 6.92 Å². The van der Waals surface area contributed by atoms with E-state index in [1.807, 2.05) is 49.4 Å². The van der Waals surface area contributed by atoms with Crippen molar-refractivity contribution in [3.05, 3.63) is 71.4 Å². The molecule has 2 heterocycles. The molecule has 2 aromatic carbocycles. The molecule has 0 unspecified atom stereocenters. The number of nitrogens with one attached hydrogen (secondary N) is 1. The van der Waals surface area contributed by atoms with Crippen molar-refractivity contribution in [3.8, 4) is 11.3 Å². The lowest BCUT2D eigenvalue weighted by atomic mass is 10.0. The van der Waals surface area contributed by atoms with Crippen LogP contribution in [-0.4, -0.2) is 30.7 Å². The number of halogens is 3. The number of carbonyl (C=O) groups excluding carboxylic acids is 1. The molecular weight excluding hydrogens is 417 g/mol. The number of aryl methyl sites for hydroxylation is 1. The Bertz CT molecular complexity index is 1230. The van der Waals surface area contributed by atoms with Crippen LogP contribution < -0.4 is 10.2 Å². The van der Waals surface area contributed by atoms with Crippen LogP contribution in [0.4, 0.5) is 30.2 Å². The van der Waals surface area contributed by atoms with Gasteiger partial charge >= 0.3 is 6.18 Å². The van der Waals surface area contributed by atoms with E-state index in [1.54, 1.807) is 0 Å². The van der Waals surface area contributed by atoms with Gasteiger partial charge in [0.15, 0.2) is 0 Å². The molecule has 0 radical (unpaired) electrons. The molecule has 1 aliphatic heterocycles. The first-order valence-corrected chi connectivity index (χ1v) is 9.96. The summed E-state index contributed by atoms with van der Waals surface area (Å²) in [6.45, 7) is 1.90. The van der Waals surface area contributed by atoms with Crippen LogP contribution in [0.3, 0.4) is 0 Å². The molecular formula is C24H21F3N4O. The summed E-state index contributed by atoms with van der Waals surface area (Å²) in [5.41, 5.74) is 3.18. The molecule has 0 saturated heterocycles. The van der Waals surface area contributed by atoms with Crippen molar-refractivity contribution in [1.82, 2.24) is 4.98 Å². The zero-order valence-electron chi connectivity index (χ0n) is 17.8. The molecule has 0 aliphatic carbocycles. The second-order valence-electron chi connectivity index (χ2n) is 7.81. The monoisotopic (exact) mass is 438 g/mol. The average Bonchev–Trinajstić information content (AvgIpc) is 2.89. The van der Waals surface area contributed by atoms with Gasteiger partial charge in [-0.25, -0.2) is 0 Å². The first-order chi connectivity index (χ1) is 15.1. The summed E-state index contributed by atoms with van der Waals surface area (Å²) in [6, 6.07) is 15.5. The van der Waals surface area contributed by atoms with Crippen LogP contribution in [0.1, 0.15) is 23.2 Å². The highest BCUT2D eigenvalue weighted by Crippen LogP contribution is 2.43. The summed E-state index contributed by atoms with van der Waals surface area (Å²) < 4.78 is 40.7. The molecule has 3 aromatic rings. The van der Waals surface area contributed by atoms with Crippen LogP contribution >= 0.6 is 0 Å². The minimum atomic E-state index is -4.56. The van der Waals surface area contributed by atoms with Crippen LogP contribution in [0.5, 0.6) is 0 Å². The van der Waals surface area contributed by atoms with E-state index in [1.165, 1.54) is 25.1 Å². The maximum absolute atomic E-state index is 13.6. The summed E-state index contributed by atoms with van der Waals surface area (Å²) in [5, 5.41) is 2.57. The number of amides is 1. The Morgan fingerprint density at radius 1 is 1.00 bits per heavy atom. The van der Waals surface area contributed by atoms with Crippen molar-refractivity contribution in [2.45, 2.75) is 19.5 Å². The molecule has 1 aromatic heterocycles. The van der Waals surface area contributed by atoms with Crippen molar-refractivity contribution in [2.75, 3.05) is 24.3 Å². The Balaban J connectivity index is 1.83. The van der Waals surface area contributed by atoms with Crippen molar-refractivity contribution >= 4 is 28.7 Å². The summed E-state index contributed by atoms with van der Waals surface area (Å²) in [7, 11) is 3.07.